The standard InChI is InChI=1S/C17H23N5OS.H2/c1-19-22-14-7-6-13(12-15(14)24-17(22)18)16(23)20-8-5-11-21-9-3-2-4-10-21;/h6-7,12,18H,1-5,8-11H2,(H,20,23);1H. The Kier molecular flexibility index (Phi) is 5.42. The van der Waals surface area contributed by atoms with Crippen molar-refractivity contribution in [3.63, 3.8) is 0 Å². The summed E-state index contributed by atoms with van der Waals surface area (Å²) >= 11 is 1.29. The number of carbonyl (C=O) groups excluding carboxylic acids is 1. The lowest BCUT2D eigenvalue weighted by atomic mass is 10.1. The Morgan fingerprint density at radius 2 is 2.17 bits per heavy atom. The van der Waals surface area contributed by atoms with Gasteiger partial charge in [0.15, 0.2) is 0 Å². The molecule has 1 aromatic carbocycles. The van der Waals surface area contributed by atoms with Crippen molar-refractivity contribution < 1.29 is 6.22 Å². The van der Waals surface area contributed by atoms with Crippen molar-refractivity contribution in [2.24, 2.45) is 5.10 Å². The molecule has 7 heteroatoms. The van der Waals surface area contributed by atoms with Crippen LogP contribution in [0.3, 0.4) is 0 Å². The highest BCUT2D eigenvalue weighted by Crippen LogP contribution is 2.19. The summed E-state index contributed by atoms with van der Waals surface area (Å²) in [4.78, 5) is 15.1. The van der Waals surface area contributed by atoms with E-state index >= 15 is 0 Å². The zero-order valence-corrected chi connectivity index (χ0v) is 14.6. The van der Waals surface area contributed by atoms with E-state index in [1.807, 2.05) is 12.1 Å². The van der Waals surface area contributed by atoms with Crippen molar-refractivity contribution in [1.82, 2.24) is 14.9 Å². The molecule has 0 unspecified atom stereocenters. The summed E-state index contributed by atoms with van der Waals surface area (Å²) in [6.45, 7) is 7.60. The van der Waals surface area contributed by atoms with Crippen LogP contribution in [-0.4, -0.2) is 48.4 Å². The van der Waals surface area contributed by atoms with E-state index in [0.29, 0.717) is 16.9 Å². The van der Waals surface area contributed by atoms with E-state index in [1.165, 1.54) is 48.4 Å². The van der Waals surface area contributed by atoms with Crippen molar-refractivity contribution in [3.05, 3.63) is 28.6 Å². The van der Waals surface area contributed by atoms with Crippen LogP contribution in [0.1, 0.15) is 37.5 Å². The summed E-state index contributed by atoms with van der Waals surface area (Å²) in [6, 6.07) is 5.41. The molecule has 1 aromatic heterocycles. The fourth-order valence-electron chi connectivity index (χ4n) is 3.10. The first kappa shape index (κ1) is 16.9. The van der Waals surface area contributed by atoms with Crippen LogP contribution in [0.4, 0.5) is 0 Å². The molecule has 0 spiro atoms. The van der Waals surface area contributed by atoms with Crippen LogP contribution in [0, 0.1) is 5.41 Å². The van der Waals surface area contributed by atoms with Crippen LogP contribution in [0.2, 0.25) is 0 Å². The molecular weight excluding hydrogens is 322 g/mol. The number of likely N-dealkylation sites (tertiary alicyclic amines) is 1. The fraction of sp³-hybridized carbons (Fsp3) is 0.471. The molecule has 6 nitrogen and oxygen atoms in total. The van der Waals surface area contributed by atoms with Crippen LogP contribution in [-0.2, 0) is 0 Å². The predicted molar refractivity (Wildman–Crippen MR) is 100.0 cm³/mol. The number of piperidine rings is 1. The molecule has 1 fully saturated rings. The molecule has 2 heterocycles. The van der Waals surface area contributed by atoms with Gasteiger partial charge in [-0.05, 0) is 57.1 Å². The predicted octanol–water partition coefficient (Wildman–Crippen LogP) is 2.50. The first-order valence-corrected chi connectivity index (χ1v) is 9.18. The van der Waals surface area contributed by atoms with E-state index in [9.17, 15) is 4.79 Å². The number of hydrogen-bond donors (Lipinski definition) is 2. The van der Waals surface area contributed by atoms with E-state index in [0.717, 1.165) is 23.2 Å². The lowest BCUT2D eigenvalue weighted by Gasteiger charge is -2.26. The number of nitrogens with one attached hydrogen (secondary N) is 2. The highest BCUT2D eigenvalue weighted by molar-refractivity contribution is 7.16. The Morgan fingerprint density at radius 1 is 1.38 bits per heavy atom. The zero-order valence-electron chi connectivity index (χ0n) is 13.8. The fourth-order valence-corrected chi connectivity index (χ4v) is 3.99. The maximum Gasteiger partial charge on any atom is 0.251 e. The average Bonchev–Trinajstić information content (AvgIpc) is 2.93. The number of hydrogen-bond acceptors (Lipinski definition) is 5. The van der Waals surface area contributed by atoms with Gasteiger partial charge in [0, 0.05) is 20.3 Å². The molecule has 1 saturated heterocycles. The van der Waals surface area contributed by atoms with Gasteiger partial charge in [-0.15, -0.1) is 0 Å². The van der Waals surface area contributed by atoms with Gasteiger partial charge in [0.25, 0.3) is 5.91 Å². The average molecular weight is 347 g/mol. The van der Waals surface area contributed by atoms with Crippen LogP contribution < -0.4 is 10.1 Å². The van der Waals surface area contributed by atoms with Gasteiger partial charge < -0.3 is 10.2 Å². The topological polar surface area (TPSA) is 73.5 Å². The Bertz CT molecular complexity index is 794. The first-order chi connectivity index (χ1) is 11.7. The molecule has 0 radical (unpaired) electrons. The lowest BCUT2D eigenvalue weighted by molar-refractivity contribution is 0.0951. The molecule has 0 atom stereocenters. The molecule has 2 aromatic rings. The third-order valence-corrected chi connectivity index (χ3v) is 5.29. The Morgan fingerprint density at radius 3 is 2.92 bits per heavy atom. The monoisotopic (exact) mass is 347 g/mol. The molecule has 0 aliphatic carbocycles. The van der Waals surface area contributed by atoms with Gasteiger partial charge in [0.05, 0.1) is 10.2 Å². The maximum absolute atomic E-state index is 12.3. The summed E-state index contributed by atoms with van der Waals surface area (Å²) in [5, 5.41) is 14.7. The van der Waals surface area contributed by atoms with Gasteiger partial charge >= 0.3 is 0 Å². The highest BCUT2D eigenvalue weighted by atomic mass is 32.1. The number of fused-ring (bicyclic) bond motifs is 1. The molecule has 1 aliphatic heterocycles. The molecule has 1 amide bonds. The van der Waals surface area contributed by atoms with Crippen LogP contribution in [0.25, 0.3) is 10.2 Å². The van der Waals surface area contributed by atoms with E-state index in [4.69, 9.17) is 5.41 Å². The quantitative estimate of drug-likeness (QED) is 0.622. The minimum Gasteiger partial charge on any atom is -0.352 e. The van der Waals surface area contributed by atoms with Gasteiger partial charge in [0.2, 0.25) is 4.80 Å². The molecule has 0 saturated carbocycles. The molecule has 3 rings (SSSR count). The summed E-state index contributed by atoms with van der Waals surface area (Å²) in [5.41, 5.74) is 1.43. The number of nitrogens with zero attached hydrogens (tertiary/aromatic N) is 3. The van der Waals surface area contributed by atoms with Gasteiger partial charge in [-0.3, -0.25) is 10.2 Å². The van der Waals surface area contributed by atoms with Gasteiger partial charge in [-0.2, -0.15) is 5.10 Å². The highest BCUT2D eigenvalue weighted by Gasteiger charge is 2.11. The smallest absolute Gasteiger partial charge is 0.251 e. The molecular formula is C17H25N5OS. The van der Waals surface area contributed by atoms with Crippen LogP contribution in [0.5, 0.6) is 0 Å². The van der Waals surface area contributed by atoms with Crippen LogP contribution >= 0.6 is 11.3 Å². The number of amides is 1. The van der Waals surface area contributed by atoms with Gasteiger partial charge in [0.1, 0.15) is 0 Å². The van der Waals surface area contributed by atoms with Gasteiger partial charge in [-0.25, -0.2) is 4.68 Å². The Hall–Kier alpha value is -1.99. The zero-order chi connectivity index (χ0) is 16.9. The minimum atomic E-state index is -0.0615. The largest absolute Gasteiger partial charge is 0.352 e. The van der Waals surface area contributed by atoms with Crippen molar-refractivity contribution in [2.45, 2.75) is 25.7 Å². The summed E-state index contributed by atoms with van der Waals surface area (Å²) < 4.78 is 2.34. The second kappa shape index (κ2) is 7.72. The summed E-state index contributed by atoms with van der Waals surface area (Å²) in [6.07, 6.45) is 4.92. The first-order valence-electron chi connectivity index (χ1n) is 8.37. The number of thiazole rings is 1. The van der Waals surface area contributed by atoms with Gasteiger partial charge in [-0.1, -0.05) is 17.8 Å². The number of aromatic nitrogens is 1. The molecule has 0 bridgehead atoms. The summed E-state index contributed by atoms with van der Waals surface area (Å²) in [7, 11) is 0. The second-order valence-electron chi connectivity index (χ2n) is 6.05. The molecule has 1 aliphatic rings. The van der Waals surface area contributed by atoms with Crippen molar-refractivity contribution in [1.29, 1.82) is 5.41 Å². The maximum atomic E-state index is 12.3. The van der Waals surface area contributed by atoms with Crippen LogP contribution in [0.15, 0.2) is 23.3 Å². The molecule has 130 valence electrons. The Labute approximate surface area is 146 Å². The summed E-state index contributed by atoms with van der Waals surface area (Å²) in [5.74, 6) is -0.0615. The van der Waals surface area contributed by atoms with E-state index in [1.54, 1.807) is 6.07 Å². The third kappa shape index (κ3) is 3.73. The number of benzene rings is 1. The van der Waals surface area contributed by atoms with E-state index < -0.39 is 0 Å². The Balaban J connectivity index is 0.00000225. The lowest BCUT2D eigenvalue weighted by Crippen LogP contribution is -2.33. The van der Waals surface area contributed by atoms with Crippen molar-refractivity contribution in [3.8, 4) is 0 Å². The molecule has 2 N–H and O–H groups in total. The van der Waals surface area contributed by atoms with Crippen molar-refractivity contribution >= 4 is 34.2 Å². The number of carbonyl (C=O) groups is 1. The third-order valence-electron chi connectivity index (χ3n) is 4.38. The normalized spacial score (nSPS) is 15.5. The SMILES string of the molecule is C=Nn1c(=N)sc2cc(C(=O)NCCCN3CCCCC3)ccc21.[HH]. The van der Waals surface area contributed by atoms with E-state index in [-0.39, 0.29) is 7.33 Å². The second-order valence-corrected chi connectivity index (χ2v) is 7.09. The molecule has 24 heavy (non-hydrogen) atoms. The van der Waals surface area contributed by atoms with E-state index in [2.05, 4.69) is 22.0 Å². The van der Waals surface area contributed by atoms with Crippen molar-refractivity contribution in [2.75, 3.05) is 26.2 Å². The number of rotatable bonds is 6. The minimum absolute atomic E-state index is 0.